The lowest BCUT2D eigenvalue weighted by molar-refractivity contribution is 0.0713. The molecule has 0 bridgehead atoms. The minimum Gasteiger partial charge on any atom is -0.395 e. The molecule has 2 heterocycles. The Labute approximate surface area is 131 Å². The Kier molecular flexibility index (Phi) is 4.34. The van der Waals surface area contributed by atoms with Crippen molar-refractivity contribution in [1.29, 1.82) is 0 Å². The molecule has 0 unspecified atom stereocenters. The van der Waals surface area contributed by atoms with Crippen LogP contribution < -0.4 is 0 Å². The fourth-order valence-corrected chi connectivity index (χ4v) is 4.28. The molecule has 0 saturated carbocycles. The van der Waals surface area contributed by atoms with Crippen LogP contribution in [0.2, 0.25) is 0 Å². The summed E-state index contributed by atoms with van der Waals surface area (Å²) in [4.78, 5) is 15.1. The van der Waals surface area contributed by atoms with Crippen molar-refractivity contribution in [2.24, 2.45) is 0 Å². The maximum atomic E-state index is 12.6. The van der Waals surface area contributed by atoms with E-state index in [1.165, 1.54) is 11.3 Å². The van der Waals surface area contributed by atoms with Crippen molar-refractivity contribution >= 4 is 38.0 Å². The van der Waals surface area contributed by atoms with E-state index in [0.29, 0.717) is 13.1 Å². The van der Waals surface area contributed by atoms with Gasteiger partial charge in [-0.1, -0.05) is 30.3 Å². The van der Waals surface area contributed by atoms with Crippen LogP contribution in [0.5, 0.6) is 0 Å². The Morgan fingerprint density at radius 2 is 1.95 bits per heavy atom. The van der Waals surface area contributed by atoms with Crippen molar-refractivity contribution in [2.45, 2.75) is 6.54 Å². The summed E-state index contributed by atoms with van der Waals surface area (Å²) in [7, 11) is 0. The van der Waals surface area contributed by atoms with E-state index in [9.17, 15) is 9.90 Å². The Bertz CT molecular complexity index is 704. The van der Waals surface area contributed by atoms with E-state index in [2.05, 4.69) is 0 Å². The summed E-state index contributed by atoms with van der Waals surface area (Å²) in [5.74, 6) is -0.0127. The second kappa shape index (κ2) is 6.39. The van der Waals surface area contributed by atoms with Crippen LogP contribution in [0.4, 0.5) is 0 Å². The van der Waals surface area contributed by atoms with Crippen LogP contribution in [0.25, 0.3) is 9.40 Å². The van der Waals surface area contributed by atoms with E-state index < -0.39 is 0 Å². The SMILES string of the molecule is O=C(c1cc2sccc2s1)N(CCO)Cc1ccccc1. The standard InChI is InChI=1S/C16H15NO2S2/c18-8-7-17(11-12-4-2-1-3-5-12)16(19)15-10-14-13(21-15)6-9-20-14/h1-6,9-10,18H,7-8,11H2. The minimum atomic E-state index is -0.0294. The molecular weight excluding hydrogens is 302 g/mol. The number of carbonyl (C=O) groups excluding carboxylic acids is 1. The number of amides is 1. The van der Waals surface area contributed by atoms with E-state index >= 15 is 0 Å². The predicted octanol–water partition coefficient (Wildman–Crippen LogP) is 3.60. The third-order valence-corrected chi connectivity index (χ3v) is 5.30. The number of rotatable bonds is 5. The molecule has 0 saturated heterocycles. The highest BCUT2D eigenvalue weighted by Crippen LogP contribution is 2.30. The first-order chi connectivity index (χ1) is 10.3. The smallest absolute Gasteiger partial charge is 0.264 e. The molecule has 0 aliphatic heterocycles. The molecule has 0 aliphatic rings. The van der Waals surface area contributed by atoms with Crippen molar-refractivity contribution < 1.29 is 9.90 Å². The molecule has 5 heteroatoms. The summed E-state index contributed by atoms with van der Waals surface area (Å²) in [5.41, 5.74) is 1.07. The average molecular weight is 317 g/mol. The second-order valence-corrected chi connectivity index (χ2v) is 6.73. The number of hydrogen-bond acceptors (Lipinski definition) is 4. The molecule has 0 aliphatic carbocycles. The van der Waals surface area contributed by atoms with E-state index in [0.717, 1.165) is 19.8 Å². The fraction of sp³-hybridized carbons (Fsp3) is 0.188. The zero-order chi connectivity index (χ0) is 14.7. The lowest BCUT2D eigenvalue weighted by Crippen LogP contribution is -2.32. The van der Waals surface area contributed by atoms with E-state index in [1.807, 2.05) is 47.8 Å². The summed E-state index contributed by atoms with van der Waals surface area (Å²) in [6, 6.07) is 13.8. The number of aliphatic hydroxyl groups excluding tert-OH is 1. The number of hydrogen-bond donors (Lipinski definition) is 1. The van der Waals surface area contributed by atoms with E-state index in [4.69, 9.17) is 0 Å². The monoisotopic (exact) mass is 317 g/mol. The van der Waals surface area contributed by atoms with Gasteiger partial charge in [-0.2, -0.15) is 0 Å². The molecule has 0 radical (unpaired) electrons. The van der Waals surface area contributed by atoms with Crippen LogP contribution in [0.15, 0.2) is 47.8 Å². The molecule has 0 fully saturated rings. The lowest BCUT2D eigenvalue weighted by Gasteiger charge is -2.21. The highest BCUT2D eigenvalue weighted by Gasteiger charge is 2.18. The number of benzene rings is 1. The van der Waals surface area contributed by atoms with Crippen LogP contribution in [0.1, 0.15) is 15.2 Å². The first-order valence-corrected chi connectivity index (χ1v) is 8.38. The van der Waals surface area contributed by atoms with Crippen molar-refractivity contribution in [3.63, 3.8) is 0 Å². The number of aliphatic hydroxyl groups is 1. The van der Waals surface area contributed by atoms with Crippen LogP contribution in [0.3, 0.4) is 0 Å². The van der Waals surface area contributed by atoms with Crippen molar-refractivity contribution in [3.05, 3.63) is 58.3 Å². The average Bonchev–Trinajstić information content (AvgIpc) is 3.08. The molecular formula is C16H15NO2S2. The van der Waals surface area contributed by atoms with Crippen LogP contribution in [-0.4, -0.2) is 29.1 Å². The zero-order valence-electron chi connectivity index (χ0n) is 11.4. The summed E-state index contributed by atoms with van der Waals surface area (Å²) in [6.07, 6.45) is 0. The number of nitrogens with zero attached hydrogens (tertiary/aromatic N) is 1. The first-order valence-electron chi connectivity index (χ1n) is 6.69. The van der Waals surface area contributed by atoms with Gasteiger partial charge in [-0.25, -0.2) is 0 Å². The molecule has 3 aromatic rings. The van der Waals surface area contributed by atoms with Gasteiger partial charge >= 0.3 is 0 Å². The van der Waals surface area contributed by atoms with Gasteiger partial charge in [-0.15, -0.1) is 22.7 Å². The molecule has 1 aromatic carbocycles. The zero-order valence-corrected chi connectivity index (χ0v) is 13.0. The number of fused-ring (bicyclic) bond motifs is 1. The molecule has 1 N–H and O–H groups in total. The molecule has 21 heavy (non-hydrogen) atoms. The summed E-state index contributed by atoms with van der Waals surface area (Å²) < 4.78 is 2.29. The highest BCUT2D eigenvalue weighted by atomic mass is 32.1. The predicted molar refractivity (Wildman–Crippen MR) is 88.0 cm³/mol. The van der Waals surface area contributed by atoms with Crippen molar-refractivity contribution in [3.8, 4) is 0 Å². The Morgan fingerprint density at radius 3 is 2.67 bits per heavy atom. The van der Waals surface area contributed by atoms with Gasteiger partial charge in [0.25, 0.3) is 5.91 Å². The van der Waals surface area contributed by atoms with Crippen molar-refractivity contribution in [2.75, 3.05) is 13.2 Å². The molecule has 0 spiro atoms. The molecule has 0 atom stereocenters. The van der Waals surface area contributed by atoms with Gasteiger partial charge in [0, 0.05) is 22.5 Å². The quantitative estimate of drug-likeness (QED) is 0.781. The summed E-state index contributed by atoms with van der Waals surface area (Å²) in [6.45, 7) is 0.837. The number of thiophene rings is 2. The van der Waals surface area contributed by atoms with Gasteiger partial charge in [-0.05, 0) is 23.1 Å². The third-order valence-electron chi connectivity index (χ3n) is 3.22. The van der Waals surface area contributed by atoms with E-state index in [-0.39, 0.29) is 12.5 Å². The van der Waals surface area contributed by atoms with Gasteiger partial charge in [0.1, 0.15) is 0 Å². The Balaban J connectivity index is 1.82. The Morgan fingerprint density at radius 1 is 1.14 bits per heavy atom. The summed E-state index contributed by atoms with van der Waals surface area (Å²) in [5, 5.41) is 11.3. The molecule has 2 aromatic heterocycles. The fourth-order valence-electron chi connectivity index (χ4n) is 2.20. The topological polar surface area (TPSA) is 40.5 Å². The Hall–Kier alpha value is -1.69. The summed E-state index contributed by atoms with van der Waals surface area (Å²) >= 11 is 3.16. The highest BCUT2D eigenvalue weighted by molar-refractivity contribution is 7.27. The molecule has 3 nitrogen and oxygen atoms in total. The van der Waals surface area contributed by atoms with Gasteiger partial charge in [-0.3, -0.25) is 4.79 Å². The van der Waals surface area contributed by atoms with Crippen molar-refractivity contribution in [1.82, 2.24) is 4.90 Å². The van der Waals surface area contributed by atoms with Gasteiger partial charge in [0.2, 0.25) is 0 Å². The maximum Gasteiger partial charge on any atom is 0.264 e. The maximum absolute atomic E-state index is 12.6. The second-order valence-electron chi connectivity index (χ2n) is 4.70. The normalized spacial score (nSPS) is 10.9. The largest absolute Gasteiger partial charge is 0.395 e. The lowest BCUT2D eigenvalue weighted by atomic mass is 10.2. The molecule has 1 amide bonds. The van der Waals surface area contributed by atoms with Crippen LogP contribution in [-0.2, 0) is 6.54 Å². The first kappa shape index (κ1) is 14.3. The van der Waals surface area contributed by atoms with Crippen LogP contribution in [0, 0.1) is 0 Å². The van der Waals surface area contributed by atoms with Crippen LogP contribution >= 0.6 is 22.7 Å². The van der Waals surface area contributed by atoms with E-state index in [1.54, 1.807) is 16.2 Å². The number of carbonyl (C=O) groups is 1. The molecule has 108 valence electrons. The molecule has 3 rings (SSSR count). The third kappa shape index (κ3) is 3.15. The van der Waals surface area contributed by atoms with Gasteiger partial charge < -0.3 is 10.0 Å². The minimum absolute atomic E-state index is 0.0127. The van der Waals surface area contributed by atoms with Gasteiger partial charge in [0.15, 0.2) is 0 Å². The van der Waals surface area contributed by atoms with Gasteiger partial charge in [0.05, 0.1) is 11.5 Å².